The van der Waals surface area contributed by atoms with Gasteiger partial charge in [-0.3, -0.25) is 4.79 Å². The lowest BCUT2D eigenvalue weighted by molar-refractivity contribution is 0.180. The molecule has 0 saturated carbocycles. The van der Waals surface area contributed by atoms with Crippen molar-refractivity contribution in [3.63, 3.8) is 0 Å². The number of methoxy groups -OCH3 is 2. The van der Waals surface area contributed by atoms with Gasteiger partial charge in [0.15, 0.2) is 0 Å². The Balaban J connectivity index is 2.52. The van der Waals surface area contributed by atoms with E-state index >= 15 is 0 Å². The molecule has 0 saturated heterocycles. The van der Waals surface area contributed by atoms with Gasteiger partial charge in [0.1, 0.15) is 5.75 Å². The van der Waals surface area contributed by atoms with Crippen LogP contribution in [0.1, 0.15) is 24.9 Å². The van der Waals surface area contributed by atoms with Crippen LogP contribution >= 0.6 is 11.6 Å². The summed E-state index contributed by atoms with van der Waals surface area (Å²) in [5.74, 6) is 0.652. The Morgan fingerprint density at radius 2 is 1.96 bits per heavy atom. The zero-order valence-corrected chi connectivity index (χ0v) is 14.7. The van der Waals surface area contributed by atoms with E-state index in [-0.39, 0.29) is 11.6 Å². The molecule has 1 aromatic heterocycles. The molecule has 0 bridgehead atoms. The number of aryl methyl sites for hydroxylation is 1. The summed E-state index contributed by atoms with van der Waals surface area (Å²) in [5.41, 5.74) is 2.64. The molecule has 2 rings (SSSR count). The van der Waals surface area contributed by atoms with Crippen LogP contribution in [-0.4, -0.2) is 25.4 Å². The van der Waals surface area contributed by atoms with Crippen LogP contribution < -0.4 is 10.3 Å². The van der Waals surface area contributed by atoms with Crippen molar-refractivity contribution >= 4 is 11.6 Å². The molecular weight excluding hydrogens is 314 g/mol. The monoisotopic (exact) mass is 335 g/mol. The molecule has 1 atom stereocenters. The van der Waals surface area contributed by atoms with Crippen molar-refractivity contribution in [2.75, 3.05) is 20.8 Å². The quantitative estimate of drug-likeness (QED) is 0.798. The first-order chi connectivity index (χ1) is 11.0. The third-order valence-corrected chi connectivity index (χ3v) is 4.20. The second-order valence-electron chi connectivity index (χ2n) is 5.59. The third-order valence-electron chi connectivity index (χ3n) is 3.97. The highest BCUT2D eigenvalue weighted by Crippen LogP contribution is 2.33. The molecule has 5 heteroatoms. The summed E-state index contributed by atoms with van der Waals surface area (Å²) < 4.78 is 12.3. The van der Waals surface area contributed by atoms with Crippen molar-refractivity contribution in [2.24, 2.45) is 0 Å². The summed E-state index contributed by atoms with van der Waals surface area (Å²) in [5, 5.41) is 0.630. The molecule has 0 N–H and O–H groups in total. The minimum absolute atomic E-state index is 0.0332. The maximum atomic E-state index is 12.5. The van der Waals surface area contributed by atoms with E-state index in [1.165, 1.54) is 0 Å². The average molecular weight is 336 g/mol. The van der Waals surface area contributed by atoms with Crippen LogP contribution in [0.25, 0.3) is 11.1 Å². The smallest absolute Gasteiger partial charge is 0.251 e. The van der Waals surface area contributed by atoms with Gasteiger partial charge < -0.3 is 14.0 Å². The van der Waals surface area contributed by atoms with Crippen molar-refractivity contribution in [3.05, 3.63) is 51.4 Å². The van der Waals surface area contributed by atoms with Crippen LogP contribution in [0.3, 0.4) is 0 Å². The predicted octanol–water partition coefficient (Wildman–Crippen LogP) is 4.08. The summed E-state index contributed by atoms with van der Waals surface area (Å²) in [7, 11) is 3.26. The van der Waals surface area contributed by atoms with Gasteiger partial charge in [-0.25, -0.2) is 0 Å². The summed E-state index contributed by atoms with van der Waals surface area (Å²) in [6, 6.07) is 7.27. The molecule has 124 valence electrons. The molecule has 23 heavy (non-hydrogen) atoms. The highest BCUT2D eigenvalue weighted by atomic mass is 35.5. The standard InChI is InChI=1S/C18H22ClNO3/c1-12-5-6-14(19)9-15(12)16-10-18(21)20(11-17(16)23-4)13(2)7-8-22-3/h5-6,9-11,13H,7-8H2,1-4H3. The van der Waals surface area contributed by atoms with Crippen molar-refractivity contribution < 1.29 is 9.47 Å². The maximum Gasteiger partial charge on any atom is 0.251 e. The molecule has 0 spiro atoms. The highest BCUT2D eigenvalue weighted by Gasteiger charge is 2.15. The zero-order chi connectivity index (χ0) is 17.0. The fourth-order valence-electron chi connectivity index (χ4n) is 2.56. The number of halogens is 1. The van der Waals surface area contributed by atoms with Crippen LogP contribution in [0.15, 0.2) is 35.3 Å². The number of nitrogens with zero attached hydrogens (tertiary/aromatic N) is 1. The molecule has 0 radical (unpaired) electrons. The van der Waals surface area contributed by atoms with Crippen molar-refractivity contribution in [1.82, 2.24) is 4.57 Å². The fraction of sp³-hybridized carbons (Fsp3) is 0.389. The molecule has 0 amide bonds. The number of hydrogen-bond donors (Lipinski definition) is 0. The number of pyridine rings is 1. The number of benzene rings is 1. The van der Waals surface area contributed by atoms with Crippen molar-refractivity contribution in [1.29, 1.82) is 0 Å². The number of ether oxygens (including phenoxy) is 2. The van der Waals surface area contributed by atoms with E-state index in [4.69, 9.17) is 21.1 Å². The van der Waals surface area contributed by atoms with Gasteiger partial charge in [-0.1, -0.05) is 17.7 Å². The maximum absolute atomic E-state index is 12.5. The van der Waals surface area contributed by atoms with Crippen LogP contribution in [0.2, 0.25) is 5.02 Å². The van der Waals surface area contributed by atoms with E-state index < -0.39 is 0 Å². The Hall–Kier alpha value is -1.78. The minimum Gasteiger partial charge on any atom is -0.495 e. The molecule has 0 aliphatic carbocycles. The van der Waals surface area contributed by atoms with Gasteiger partial charge in [-0.2, -0.15) is 0 Å². The second kappa shape index (κ2) is 7.66. The van der Waals surface area contributed by atoms with Gasteiger partial charge in [0.25, 0.3) is 5.56 Å². The van der Waals surface area contributed by atoms with E-state index in [0.29, 0.717) is 17.4 Å². The van der Waals surface area contributed by atoms with Crippen LogP contribution in [-0.2, 0) is 4.74 Å². The van der Waals surface area contributed by atoms with E-state index in [1.54, 1.807) is 31.0 Å². The SMILES string of the molecule is COCCC(C)n1cc(OC)c(-c2cc(Cl)ccc2C)cc1=O. The number of hydrogen-bond acceptors (Lipinski definition) is 3. The molecule has 0 fully saturated rings. The van der Waals surface area contributed by atoms with E-state index in [9.17, 15) is 4.79 Å². The topological polar surface area (TPSA) is 40.5 Å². The third kappa shape index (κ3) is 3.95. The van der Waals surface area contributed by atoms with Gasteiger partial charge in [0.05, 0.1) is 13.3 Å². The molecule has 0 aliphatic rings. The van der Waals surface area contributed by atoms with E-state index in [0.717, 1.165) is 23.1 Å². The fourth-order valence-corrected chi connectivity index (χ4v) is 2.73. The summed E-state index contributed by atoms with van der Waals surface area (Å²) in [6.07, 6.45) is 2.52. The number of aromatic nitrogens is 1. The van der Waals surface area contributed by atoms with Gasteiger partial charge in [0, 0.05) is 36.4 Å². The molecule has 2 aromatic rings. The largest absolute Gasteiger partial charge is 0.495 e. The Morgan fingerprint density at radius 3 is 2.61 bits per heavy atom. The molecule has 1 unspecified atom stereocenters. The van der Waals surface area contributed by atoms with Gasteiger partial charge in [0.2, 0.25) is 0 Å². The normalized spacial score (nSPS) is 12.2. The lowest BCUT2D eigenvalue weighted by Crippen LogP contribution is -2.23. The van der Waals surface area contributed by atoms with Crippen LogP contribution in [0.4, 0.5) is 0 Å². The molecule has 4 nitrogen and oxygen atoms in total. The lowest BCUT2D eigenvalue weighted by Gasteiger charge is -2.18. The average Bonchev–Trinajstić information content (AvgIpc) is 2.54. The van der Waals surface area contributed by atoms with E-state index in [2.05, 4.69) is 0 Å². The van der Waals surface area contributed by atoms with Crippen LogP contribution in [0, 0.1) is 6.92 Å². The zero-order valence-electron chi connectivity index (χ0n) is 13.9. The summed E-state index contributed by atoms with van der Waals surface area (Å²) >= 11 is 6.10. The molecule has 1 aromatic carbocycles. The Bertz CT molecular complexity index is 740. The first kappa shape index (κ1) is 17.6. The van der Waals surface area contributed by atoms with Gasteiger partial charge in [-0.15, -0.1) is 0 Å². The minimum atomic E-state index is -0.0659. The Kier molecular flexibility index (Phi) is 5.85. The predicted molar refractivity (Wildman–Crippen MR) is 93.6 cm³/mol. The van der Waals surface area contributed by atoms with E-state index in [1.807, 2.05) is 32.0 Å². The second-order valence-corrected chi connectivity index (χ2v) is 6.03. The number of rotatable bonds is 6. The summed E-state index contributed by atoms with van der Waals surface area (Å²) in [4.78, 5) is 12.5. The first-order valence-corrected chi connectivity index (χ1v) is 7.91. The van der Waals surface area contributed by atoms with Crippen LogP contribution in [0.5, 0.6) is 5.75 Å². The summed E-state index contributed by atoms with van der Waals surface area (Å²) in [6.45, 7) is 4.58. The molecule has 1 heterocycles. The lowest BCUT2D eigenvalue weighted by atomic mass is 10.0. The molecular formula is C18H22ClNO3. The Labute approximate surface area is 141 Å². The molecule has 0 aliphatic heterocycles. The first-order valence-electron chi connectivity index (χ1n) is 7.53. The van der Waals surface area contributed by atoms with Crippen molar-refractivity contribution in [2.45, 2.75) is 26.3 Å². The van der Waals surface area contributed by atoms with Crippen molar-refractivity contribution in [3.8, 4) is 16.9 Å². The highest BCUT2D eigenvalue weighted by molar-refractivity contribution is 6.30. The van der Waals surface area contributed by atoms with Gasteiger partial charge in [-0.05, 0) is 43.5 Å². The Morgan fingerprint density at radius 1 is 1.22 bits per heavy atom. The van der Waals surface area contributed by atoms with Gasteiger partial charge >= 0.3 is 0 Å².